The number of carbonyl (C=O) groups is 1. The van der Waals surface area contributed by atoms with Crippen LogP contribution >= 0.6 is 0 Å². The number of nitrogen functional groups attached to an aromatic ring is 1. The number of fused-ring (bicyclic) bond motifs is 1. The van der Waals surface area contributed by atoms with Gasteiger partial charge in [-0.15, -0.1) is 0 Å². The van der Waals surface area contributed by atoms with E-state index in [-0.39, 0.29) is 5.78 Å². The highest BCUT2D eigenvalue weighted by Gasteiger charge is 2.31. The fraction of sp³-hybridized carbons (Fsp3) is 0.562. The second-order valence-corrected chi connectivity index (χ2v) is 6.06. The summed E-state index contributed by atoms with van der Waals surface area (Å²) >= 11 is 0. The normalized spacial score (nSPS) is 26.2. The van der Waals surface area contributed by atoms with Crippen molar-refractivity contribution in [1.29, 1.82) is 0 Å². The predicted octanol–water partition coefficient (Wildman–Crippen LogP) is 2.51. The molecular weight excluding hydrogens is 250 g/mol. The average Bonchev–Trinajstić information content (AvgIpc) is 2.88. The van der Waals surface area contributed by atoms with Crippen LogP contribution in [0.4, 0.5) is 11.4 Å². The Morgan fingerprint density at radius 2 is 2.20 bits per heavy atom. The second kappa shape index (κ2) is 5.44. The molecular formula is C16H23N3O. The molecule has 1 aromatic carbocycles. The Hall–Kier alpha value is -1.55. The molecule has 0 aromatic heterocycles. The van der Waals surface area contributed by atoms with E-state index in [0.717, 1.165) is 11.7 Å². The highest BCUT2D eigenvalue weighted by atomic mass is 16.1. The molecule has 2 unspecified atom stereocenters. The van der Waals surface area contributed by atoms with Crippen LogP contribution in [0.5, 0.6) is 0 Å². The highest BCUT2D eigenvalue weighted by Crippen LogP contribution is 2.29. The SMILES string of the molecule is CC(=O)c1cc(NC2CCN3CCCC3C2)ccc1N. The molecule has 0 spiro atoms. The third-order valence-electron chi connectivity index (χ3n) is 4.62. The van der Waals surface area contributed by atoms with Crippen LogP contribution in [-0.2, 0) is 0 Å². The number of carbonyl (C=O) groups excluding carboxylic acids is 1. The highest BCUT2D eigenvalue weighted by molar-refractivity contribution is 6.00. The Bertz CT molecular complexity index is 514. The zero-order valence-corrected chi connectivity index (χ0v) is 12.1. The first-order valence-corrected chi connectivity index (χ1v) is 7.54. The third kappa shape index (κ3) is 2.66. The minimum absolute atomic E-state index is 0.0248. The van der Waals surface area contributed by atoms with Gasteiger partial charge in [-0.3, -0.25) is 4.79 Å². The van der Waals surface area contributed by atoms with Gasteiger partial charge in [-0.2, -0.15) is 0 Å². The van der Waals surface area contributed by atoms with Crippen LogP contribution in [0, 0.1) is 0 Å². The van der Waals surface area contributed by atoms with Crippen molar-refractivity contribution in [2.45, 2.75) is 44.7 Å². The lowest BCUT2D eigenvalue weighted by Gasteiger charge is -2.35. The number of anilines is 2. The van der Waals surface area contributed by atoms with Gasteiger partial charge < -0.3 is 16.0 Å². The van der Waals surface area contributed by atoms with E-state index < -0.39 is 0 Å². The Balaban J connectivity index is 1.68. The Morgan fingerprint density at radius 1 is 1.35 bits per heavy atom. The summed E-state index contributed by atoms with van der Waals surface area (Å²) in [4.78, 5) is 14.2. The molecule has 1 aromatic rings. The minimum atomic E-state index is 0.0248. The molecule has 2 atom stereocenters. The van der Waals surface area contributed by atoms with Crippen LogP contribution in [0.2, 0.25) is 0 Å². The van der Waals surface area contributed by atoms with Gasteiger partial charge in [0.1, 0.15) is 0 Å². The van der Waals surface area contributed by atoms with Crippen molar-refractivity contribution in [3.8, 4) is 0 Å². The molecule has 4 heteroatoms. The second-order valence-electron chi connectivity index (χ2n) is 6.06. The summed E-state index contributed by atoms with van der Waals surface area (Å²) in [5.74, 6) is 0.0248. The fourth-order valence-corrected chi connectivity index (χ4v) is 3.54. The van der Waals surface area contributed by atoms with Crippen LogP contribution in [0.3, 0.4) is 0 Å². The Labute approximate surface area is 120 Å². The zero-order valence-electron chi connectivity index (χ0n) is 12.1. The average molecular weight is 273 g/mol. The number of nitrogens with zero attached hydrogens (tertiary/aromatic N) is 1. The van der Waals surface area contributed by atoms with Crippen molar-refractivity contribution in [2.75, 3.05) is 24.1 Å². The quantitative estimate of drug-likeness (QED) is 0.656. The van der Waals surface area contributed by atoms with Gasteiger partial charge in [0.25, 0.3) is 0 Å². The molecule has 108 valence electrons. The largest absolute Gasteiger partial charge is 0.398 e. The van der Waals surface area contributed by atoms with Gasteiger partial charge in [0, 0.05) is 35.6 Å². The summed E-state index contributed by atoms with van der Waals surface area (Å²) < 4.78 is 0. The molecule has 0 radical (unpaired) electrons. The summed E-state index contributed by atoms with van der Waals surface area (Å²) in [6, 6.07) is 6.95. The fourth-order valence-electron chi connectivity index (χ4n) is 3.54. The van der Waals surface area contributed by atoms with E-state index in [1.54, 1.807) is 6.92 Å². The van der Waals surface area contributed by atoms with Gasteiger partial charge in [-0.25, -0.2) is 0 Å². The molecule has 2 aliphatic heterocycles. The first-order chi connectivity index (χ1) is 9.63. The standard InChI is InChI=1S/C16H23N3O/c1-11(20)15-10-12(4-5-16(15)17)18-13-6-8-19-7-2-3-14(19)9-13/h4-5,10,13-14,18H,2-3,6-9,17H2,1H3. The van der Waals surface area contributed by atoms with Crippen LogP contribution in [-0.4, -0.2) is 35.9 Å². The molecule has 3 N–H and O–H groups in total. The van der Waals surface area contributed by atoms with Gasteiger partial charge >= 0.3 is 0 Å². The van der Waals surface area contributed by atoms with Gasteiger partial charge in [0.15, 0.2) is 5.78 Å². The monoisotopic (exact) mass is 273 g/mol. The van der Waals surface area contributed by atoms with Crippen LogP contribution in [0.15, 0.2) is 18.2 Å². The smallest absolute Gasteiger partial charge is 0.161 e. The lowest BCUT2D eigenvalue weighted by Crippen LogP contribution is -2.42. The van der Waals surface area contributed by atoms with Gasteiger partial charge in [0.2, 0.25) is 0 Å². The predicted molar refractivity (Wildman–Crippen MR) is 82.1 cm³/mol. The van der Waals surface area contributed by atoms with E-state index in [4.69, 9.17) is 5.73 Å². The molecule has 2 fully saturated rings. The summed E-state index contributed by atoms with van der Waals surface area (Å²) in [5.41, 5.74) is 8.04. The minimum Gasteiger partial charge on any atom is -0.398 e. The maximum Gasteiger partial charge on any atom is 0.161 e. The van der Waals surface area contributed by atoms with Crippen molar-refractivity contribution in [3.63, 3.8) is 0 Å². The Morgan fingerprint density at radius 3 is 3.00 bits per heavy atom. The van der Waals surface area contributed by atoms with E-state index in [0.29, 0.717) is 17.3 Å². The molecule has 0 aliphatic carbocycles. The molecule has 0 bridgehead atoms. The first-order valence-electron chi connectivity index (χ1n) is 7.54. The van der Waals surface area contributed by atoms with Gasteiger partial charge in [-0.1, -0.05) is 0 Å². The van der Waals surface area contributed by atoms with Crippen molar-refractivity contribution in [1.82, 2.24) is 4.90 Å². The van der Waals surface area contributed by atoms with Crippen LogP contribution in [0.25, 0.3) is 0 Å². The van der Waals surface area contributed by atoms with E-state index in [1.807, 2.05) is 18.2 Å². The lowest BCUT2D eigenvalue weighted by molar-refractivity contribution is 0.101. The maximum absolute atomic E-state index is 11.5. The zero-order chi connectivity index (χ0) is 14.1. The van der Waals surface area contributed by atoms with Crippen molar-refractivity contribution >= 4 is 17.2 Å². The number of hydrogen-bond acceptors (Lipinski definition) is 4. The summed E-state index contributed by atoms with van der Waals surface area (Å²) in [6.45, 7) is 4.02. The van der Waals surface area contributed by atoms with Crippen molar-refractivity contribution < 1.29 is 4.79 Å². The van der Waals surface area contributed by atoms with E-state index in [9.17, 15) is 4.79 Å². The molecule has 2 aliphatic rings. The molecule has 4 nitrogen and oxygen atoms in total. The lowest BCUT2D eigenvalue weighted by atomic mass is 9.97. The molecule has 2 heterocycles. The van der Waals surface area contributed by atoms with Gasteiger partial charge in [0.05, 0.1) is 0 Å². The van der Waals surface area contributed by atoms with Crippen molar-refractivity contribution in [2.24, 2.45) is 0 Å². The van der Waals surface area contributed by atoms with E-state index in [2.05, 4.69) is 10.2 Å². The molecule has 3 rings (SSSR count). The Kier molecular flexibility index (Phi) is 3.66. The summed E-state index contributed by atoms with van der Waals surface area (Å²) in [7, 11) is 0. The third-order valence-corrected chi connectivity index (χ3v) is 4.62. The van der Waals surface area contributed by atoms with E-state index >= 15 is 0 Å². The number of nitrogens with one attached hydrogen (secondary N) is 1. The van der Waals surface area contributed by atoms with Gasteiger partial charge in [-0.05, 0) is 57.4 Å². The topological polar surface area (TPSA) is 58.4 Å². The van der Waals surface area contributed by atoms with Crippen molar-refractivity contribution in [3.05, 3.63) is 23.8 Å². The van der Waals surface area contributed by atoms with Crippen LogP contribution in [0.1, 0.15) is 43.0 Å². The number of benzene rings is 1. The first kappa shape index (κ1) is 13.4. The molecule has 0 amide bonds. The number of ketones is 1. The molecule has 2 saturated heterocycles. The number of nitrogens with two attached hydrogens (primary N) is 1. The summed E-state index contributed by atoms with van der Waals surface area (Å²) in [5, 5.41) is 3.58. The number of rotatable bonds is 3. The number of Topliss-reactive ketones (excluding diaryl/α,β-unsaturated/α-hetero) is 1. The van der Waals surface area contributed by atoms with Crippen LogP contribution < -0.4 is 11.1 Å². The number of piperidine rings is 1. The molecule has 0 saturated carbocycles. The molecule has 20 heavy (non-hydrogen) atoms. The maximum atomic E-state index is 11.5. The number of hydrogen-bond donors (Lipinski definition) is 2. The summed E-state index contributed by atoms with van der Waals surface area (Å²) in [6.07, 6.45) is 5.06. The van der Waals surface area contributed by atoms with E-state index in [1.165, 1.54) is 38.8 Å².